The van der Waals surface area contributed by atoms with Gasteiger partial charge in [-0.15, -0.1) is 10.2 Å². The third kappa shape index (κ3) is 4.51. The van der Waals surface area contributed by atoms with Gasteiger partial charge in [-0.2, -0.15) is 0 Å². The predicted molar refractivity (Wildman–Crippen MR) is 112 cm³/mol. The zero-order chi connectivity index (χ0) is 19.2. The zero-order valence-corrected chi connectivity index (χ0v) is 16.8. The Kier molecular flexibility index (Phi) is 6.53. The average Bonchev–Trinajstić information content (AvgIpc) is 2.91. The van der Waals surface area contributed by atoms with Crippen molar-refractivity contribution in [3.8, 4) is 0 Å². The standard InChI is InChI=1S/C20H21ClN4OS/c1-3-4-11-17(21)15(2)24-12-13-25-18(19(24)26)22-23-20(25)27-14-16-9-7-5-6-8-10-16/h3-7,9-13,15H,8,14H2,1-2H3/b4-3-,17-11+. The van der Waals surface area contributed by atoms with Crippen LogP contribution in [0, 0.1) is 0 Å². The highest BCUT2D eigenvalue weighted by molar-refractivity contribution is 7.99. The van der Waals surface area contributed by atoms with Crippen molar-refractivity contribution in [1.29, 1.82) is 0 Å². The average molecular weight is 401 g/mol. The Labute approximate surface area is 167 Å². The molecule has 2 aromatic rings. The summed E-state index contributed by atoms with van der Waals surface area (Å²) in [6.45, 7) is 3.79. The lowest BCUT2D eigenvalue weighted by Gasteiger charge is -2.14. The molecule has 0 aromatic carbocycles. The number of halogens is 1. The Morgan fingerprint density at radius 2 is 2.22 bits per heavy atom. The van der Waals surface area contributed by atoms with E-state index in [2.05, 4.69) is 28.4 Å². The molecule has 1 atom stereocenters. The van der Waals surface area contributed by atoms with Crippen LogP contribution in [0.1, 0.15) is 26.3 Å². The summed E-state index contributed by atoms with van der Waals surface area (Å²) in [6, 6.07) is -0.276. The minimum atomic E-state index is -0.276. The first-order valence-electron chi connectivity index (χ1n) is 8.71. The Hall–Kier alpha value is -2.31. The molecule has 2 aromatic heterocycles. The van der Waals surface area contributed by atoms with Crippen LogP contribution >= 0.6 is 23.4 Å². The van der Waals surface area contributed by atoms with Gasteiger partial charge >= 0.3 is 0 Å². The fourth-order valence-corrected chi connectivity index (χ4v) is 3.69. The molecule has 0 N–H and O–H groups in total. The van der Waals surface area contributed by atoms with Gasteiger partial charge in [-0.25, -0.2) is 0 Å². The van der Waals surface area contributed by atoms with Crippen molar-refractivity contribution in [3.05, 3.63) is 82.0 Å². The molecular weight excluding hydrogens is 380 g/mol. The molecule has 1 aliphatic rings. The highest BCUT2D eigenvalue weighted by atomic mass is 35.5. The maximum absolute atomic E-state index is 12.8. The molecule has 0 amide bonds. The van der Waals surface area contributed by atoms with E-state index in [4.69, 9.17) is 11.6 Å². The number of fused-ring (bicyclic) bond motifs is 1. The molecule has 0 saturated heterocycles. The van der Waals surface area contributed by atoms with Crippen LogP contribution in [0.15, 0.2) is 81.6 Å². The minimum Gasteiger partial charge on any atom is -0.303 e. The first-order valence-corrected chi connectivity index (χ1v) is 10.1. The molecule has 27 heavy (non-hydrogen) atoms. The molecule has 140 valence electrons. The van der Waals surface area contributed by atoms with Crippen LogP contribution in [0.25, 0.3) is 5.65 Å². The monoisotopic (exact) mass is 400 g/mol. The van der Waals surface area contributed by atoms with E-state index >= 15 is 0 Å². The fourth-order valence-electron chi connectivity index (χ4n) is 2.62. The van der Waals surface area contributed by atoms with Crippen LogP contribution in [0.2, 0.25) is 0 Å². The number of allylic oxidation sites excluding steroid dienone is 9. The lowest BCUT2D eigenvalue weighted by Crippen LogP contribution is -2.25. The molecule has 0 aliphatic heterocycles. The summed E-state index contributed by atoms with van der Waals surface area (Å²) >= 11 is 7.87. The van der Waals surface area contributed by atoms with E-state index in [-0.39, 0.29) is 11.6 Å². The molecular formula is C20H21ClN4OS. The number of hydrogen-bond acceptors (Lipinski definition) is 4. The molecule has 3 rings (SSSR count). The van der Waals surface area contributed by atoms with Crippen LogP contribution in [-0.4, -0.2) is 24.9 Å². The van der Waals surface area contributed by atoms with Gasteiger partial charge in [-0.3, -0.25) is 9.20 Å². The van der Waals surface area contributed by atoms with Gasteiger partial charge in [0.15, 0.2) is 5.16 Å². The molecule has 0 fully saturated rings. The van der Waals surface area contributed by atoms with Gasteiger partial charge in [0.1, 0.15) is 0 Å². The van der Waals surface area contributed by atoms with Crippen molar-refractivity contribution in [1.82, 2.24) is 19.2 Å². The Morgan fingerprint density at radius 3 is 3.04 bits per heavy atom. The van der Waals surface area contributed by atoms with Crippen LogP contribution < -0.4 is 5.56 Å². The van der Waals surface area contributed by atoms with Crippen LogP contribution in [0.5, 0.6) is 0 Å². The molecule has 0 saturated carbocycles. The SMILES string of the molecule is C/C=C\C=C(\Cl)C(C)n1ccn2c(SCC3=CCC=CC=C3)nnc2c1=O. The molecule has 0 radical (unpaired) electrons. The third-order valence-electron chi connectivity index (χ3n) is 4.17. The van der Waals surface area contributed by atoms with E-state index in [0.717, 1.165) is 12.2 Å². The first-order chi connectivity index (χ1) is 13.1. The second kappa shape index (κ2) is 9.06. The van der Waals surface area contributed by atoms with Gasteiger partial charge in [0.05, 0.1) is 6.04 Å². The van der Waals surface area contributed by atoms with Crippen LogP contribution in [0.3, 0.4) is 0 Å². The summed E-state index contributed by atoms with van der Waals surface area (Å²) in [5, 5.41) is 9.57. The smallest absolute Gasteiger partial charge is 0.296 e. The highest BCUT2D eigenvalue weighted by Gasteiger charge is 2.16. The maximum Gasteiger partial charge on any atom is 0.296 e. The fraction of sp³-hybridized carbons (Fsp3) is 0.250. The molecule has 0 bridgehead atoms. The Balaban J connectivity index is 1.84. The van der Waals surface area contributed by atoms with E-state index in [1.54, 1.807) is 33.0 Å². The highest BCUT2D eigenvalue weighted by Crippen LogP contribution is 2.22. The topological polar surface area (TPSA) is 52.2 Å². The summed E-state index contributed by atoms with van der Waals surface area (Å²) in [6.07, 6.45) is 20.5. The van der Waals surface area contributed by atoms with Crippen LogP contribution in [-0.2, 0) is 0 Å². The molecule has 5 nitrogen and oxygen atoms in total. The van der Waals surface area contributed by atoms with Gasteiger partial charge < -0.3 is 4.57 Å². The quantitative estimate of drug-likeness (QED) is 0.521. The van der Waals surface area contributed by atoms with Gasteiger partial charge in [-0.1, -0.05) is 65.9 Å². The molecule has 2 heterocycles. The van der Waals surface area contributed by atoms with Crippen molar-refractivity contribution >= 4 is 29.0 Å². The van der Waals surface area contributed by atoms with Gasteiger partial charge in [-0.05, 0) is 31.9 Å². The number of nitrogens with zero attached hydrogens (tertiary/aromatic N) is 4. The predicted octanol–water partition coefficient (Wildman–Crippen LogP) is 4.69. The second-order valence-electron chi connectivity index (χ2n) is 6.03. The summed E-state index contributed by atoms with van der Waals surface area (Å²) in [7, 11) is 0. The van der Waals surface area contributed by atoms with E-state index in [0.29, 0.717) is 15.8 Å². The molecule has 1 aliphatic carbocycles. The van der Waals surface area contributed by atoms with Crippen molar-refractivity contribution < 1.29 is 0 Å². The number of thioether (sulfide) groups is 1. The van der Waals surface area contributed by atoms with E-state index in [9.17, 15) is 4.79 Å². The van der Waals surface area contributed by atoms with Crippen molar-refractivity contribution in [2.45, 2.75) is 31.5 Å². The van der Waals surface area contributed by atoms with E-state index in [1.807, 2.05) is 44.3 Å². The van der Waals surface area contributed by atoms with Crippen LogP contribution in [0.4, 0.5) is 0 Å². The maximum atomic E-state index is 12.8. The summed E-state index contributed by atoms with van der Waals surface area (Å²) in [4.78, 5) is 12.8. The zero-order valence-electron chi connectivity index (χ0n) is 15.2. The summed E-state index contributed by atoms with van der Waals surface area (Å²) in [5.74, 6) is 0.774. The minimum absolute atomic E-state index is 0.214. The van der Waals surface area contributed by atoms with Gasteiger partial charge in [0.25, 0.3) is 5.56 Å². The Morgan fingerprint density at radius 1 is 1.37 bits per heavy atom. The number of hydrogen-bond donors (Lipinski definition) is 0. The summed E-state index contributed by atoms with van der Waals surface area (Å²) < 4.78 is 3.31. The largest absolute Gasteiger partial charge is 0.303 e. The van der Waals surface area contributed by atoms with Gasteiger partial charge in [0, 0.05) is 23.2 Å². The van der Waals surface area contributed by atoms with Crippen molar-refractivity contribution in [2.75, 3.05) is 5.75 Å². The second-order valence-corrected chi connectivity index (χ2v) is 7.41. The van der Waals surface area contributed by atoms with Gasteiger partial charge in [0.2, 0.25) is 5.65 Å². The third-order valence-corrected chi connectivity index (χ3v) is 5.63. The summed E-state index contributed by atoms with van der Waals surface area (Å²) in [5.41, 5.74) is 1.31. The van der Waals surface area contributed by atoms with Crippen molar-refractivity contribution in [3.63, 3.8) is 0 Å². The Bertz CT molecular complexity index is 1030. The van der Waals surface area contributed by atoms with Crippen molar-refractivity contribution in [2.24, 2.45) is 0 Å². The normalized spacial score (nSPS) is 16.1. The lowest BCUT2D eigenvalue weighted by molar-refractivity contribution is 0.619. The molecule has 7 heteroatoms. The van der Waals surface area contributed by atoms with E-state index < -0.39 is 0 Å². The lowest BCUT2D eigenvalue weighted by atomic mass is 10.2. The molecule has 1 unspecified atom stereocenters. The van der Waals surface area contributed by atoms with E-state index in [1.165, 1.54) is 5.57 Å². The number of rotatable bonds is 6. The number of aromatic nitrogens is 4. The molecule has 0 spiro atoms. The first kappa shape index (κ1) is 19.5.